The molecule has 0 fully saturated rings. The number of aromatic carboxylic acids is 1. The van der Waals surface area contributed by atoms with Crippen molar-refractivity contribution in [1.29, 1.82) is 0 Å². The molecule has 0 saturated carbocycles. The summed E-state index contributed by atoms with van der Waals surface area (Å²) in [5.74, 6) is -1.10. The molecule has 0 aliphatic carbocycles. The number of nitrogens with one attached hydrogen (secondary N) is 1. The Kier molecular flexibility index (Phi) is 3.59. The summed E-state index contributed by atoms with van der Waals surface area (Å²) in [6.45, 7) is 0. The van der Waals surface area contributed by atoms with Crippen LogP contribution >= 0.6 is 22.9 Å². The first-order chi connectivity index (χ1) is 8.56. The molecule has 2 aromatic heterocycles. The van der Waals surface area contributed by atoms with Crippen LogP contribution in [0.15, 0.2) is 30.5 Å². The largest absolute Gasteiger partial charge is 0.477 e. The van der Waals surface area contributed by atoms with Crippen LogP contribution < -0.4 is 5.32 Å². The Balaban J connectivity index is 2.11. The van der Waals surface area contributed by atoms with Gasteiger partial charge in [-0.05, 0) is 24.3 Å². The second kappa shape index (κ2) is 5.16. The molecule has 2 N–H and O–H groups in total. The molecule has 0 aliphatic heterocycles. The van der Waals surface area contributed by atoms with Crippen LogP contribution in [0.1, 0.15) is 19.3 Å². The van der Waals surface area contributed by atoms with E-state index in [-0.39, 0.29) is 4.88 Å². The molecule has 0 aliphatic rings. The minimum atomic E-state index is -1.05. The predicted molar refractivity (Wildman–Crippen MR) is 68.5 cm³/mol. The van der Waals surface area contributed by atoms with Gasteiger partial charge in [-0.3, -0.25) is 4.79 Å². The first-order valence-electron chi connectivity index (χ1n) is 4.82. The molecular weight excluding hydrogens is 276 g/mol. The summed E-state index contributed by atoms with van der Waals surface area (Å²) in [5, 5.41) is 11.8. The Morgan fingerprint density at radius 2 is 1.94 bits per heavy atom. The lowest BCUT2D eigenvalue weighted by Crippen LogP contribution is -2.11. The Hall–Kier alpha value is -1.92. The lowest BCUT2D eigenvalue weighted by molar-refractivity contribution is 0.0702. The number of halogens is 1. The van der Waals surface area contributed by atoms with Crippen molar-refractivity contribution in [2.75, 3.05) is 5.32 Å². The van der Waals surface area contributed by atoms with Gasteiger partial charge in [0.2, 0.25) is 0 Å². The van der Waals surface area contributed by atoms with Crippen molar-refractivity contribution in [2.45, 2.75) is 0 Å². The van der Waals surface area contributed by atoms with Crippen LogP contribution in [-0.2, 0) is 0 Å². The number of thiophene rings is 1. The molecule has 0 aromatic carbocycles. The summed E-state index contributed by atoms with van der Waals surface area (Å²) in [7, 11) is 0. The fourth-order valence-corrected chi connectivity index (χ4v) is 2.05. The molecule has 18 heavy (non-hydrogen) atoms. The highest BCUT2D eigenvalue weighted by atomic mass is 35.5. The summed E-state index contributed by atoms with van der Waals surface area (Å²) in [6, 6.07) is 6.00. The molecule has 0 spiro atoms. The standard InChI is InChI=1S/C11H7ClN2O3S/c12-6-1-4-9(13-5-6)14-10(15)7-2-3-8(18-7)11(16)17/h1-5H,(H,16,17)(H,13,14,15). The van der Waals surface area contributed by atoms with Gasteiger partial charge >= 0.3 is 5.97 Å². The first kappa shape index (κ1) is 12.5. The number of anilines is 1. The number of hydrogen-bond donors (Lipinski definition) is 2. The number of pyridine rings is 1. The van der Waals surface area contributed by atoms with Crippen molar-refractivity contribution in [3.05, 3.63) is 45.2 Å². The third-order valence-corrected chi connectivity index (χ3v) is 3.31. The zero-order valence-corrected chi connectivity index (χ0v) is 10.5. The smallest absolute Gasteiger partial charge is 0.345 e. The fraction of sp³-hybridized carbons (Fsp3) is 0. The zero-order chi connectivity index (χ0) is 13.1. The minimum absolute atomic E-state index is 0.115. The molecule has 0 unspecified atom stereocenters. The van der Waals surface area contributed by atoms with Crippen LogP contribution in [0.5, 0.6) is 0 Å². The third-order valence-electron chi connectivity index (χ3n) is 2.01. The van der Waals surface area contributed by atoms with Crippen molar-refractivity contribution >= 4 is 40.6 Å². The van der Waals surface area contributed by atoms with Gasteiger partial charge in [0.15, 0.2) is 0 Å². The van der Waals surface area contributed by atoms with Gasteiger partial charge in [-0.15, -0.1) is 11.3 Å². The maximum Gasteiger partial charge on any atom is 0.345 e. The van der Waals surface area contributed by atoms with E-state index < -0.39 is 11.9 Å². The average Bonchev–Trinajstić information content (AvgIpc) is 2.81. The lowest BCUT2D eigenvalue weighted by atomic mass is 10.4. The van der Waals surface area contributed by atoms with E-state index in [1.807, 2.05) is 0 Å². The summed E-state index contributed by atoms with van der Waals surface area (Å²) in [5.41, 5.74) is 0. The number of hydrogen-bond acceptors (Lipinski definition) is 4. The van der Waals surface area contributed by atoms with E-state index in [9.17, 15) is 9.59 Å². The molecule has 5 nitrogen and oxygen atoms in total. The van der Waals surface area contributed by atoms with E-state index >= 15 is 0 Å². The van der Waals surface area contributed by atoms with Gasteiger partial charge in [-0.2, -0.15) is 0 Å². The van der Waals surface area contributed by atoms with Crippen LogP contribution in [0.25, 0.3) is 0 Å². The number of carboxylic acids is 1. The van der Waals surface area contributed by atoms with Gasteiger partial charge in [0, 0.05) is 6.20 Å². The normalized spacial score (nSPS) is 10.1. The SMILES string of the molecule is O=C(O)c1ccc(C(=O)Nc2ccc(Cl)cn2)s1. The topological polar surface area (TPSA) is 79.3 Å². The van der Waals surface area contributed by atoms with E-state index in [0.29, 0.717) is 15.7 Å². The molecule has 2 heterocycles. The van der Waals surface area contributed by atoms with Crippen molar-refractivity contribution in [2.24, 2.45) is 0 Å². The highest BCUT2D eigenvalue weighted by molar-refractivity contribution is 7.15. The third kappa shape index (κ3) is 2.85. The van der Waals surface area contributed by atoms with Crippen molar-refractivity contribution < 1.29 is 14.7 Å². The first-order valence-corrected chi connectivity index (χ1v) is 6.02. The van der Waals surface area contributed by atoms with Crippen molar-refractivity contribution in [3.8, 4) is 0 Å². The Labute approximate surface area is 111 Å². The van der Waals surface area contributed by atoms with Crippen molar-refractivity contribution in [1.82, 2.24) is 4.98 Å². The fourth-order valence-electron chi connectivity index (χ4n) is 1.20. The predicted octanol–water partition coefficient (Wildman–Crippen LogP) is 2.75. The number of amides is 1. The number of carbonyl (C=O) groups is 2. The number of rotatable bonds is 3. The molecule has 2 rings (SSSR count). The number of carboxylic acid groups (broad SMARTS) is 1. The minimum Gasteiger partial charge on any atom is -0.477 e. The van der Waals surface area contributed by atoms with Gasteiger partial charge in [0.1, 0.15) is 10.7 Å². The molecule has 0 saturated heterocycles. The maximum atomic E-state index is 11.8. The van der Waals surface area contributed by atoms with Gasteiger partial charge in [-0.25, -0.2) is 9.78 Å². The molecule has 2 aromatic rings. The quantitative estimate of drug-likeness (QED) is 0.907. The van der Waals surface area contributed by atoms with E-state index in [2.05, 4.69) is 10.3 Å². The Morgan fingerprint density at radius 3 is 2.50 bits per heavy atom. The van der Waals surface area contributed by atoms with E-state index in [1.54, 1.807) is 12.1 Å². The van der Waals surface area contributed by atoms with Crippen LogP contribution in [0.2, 0.25) is 5.02 Å². The molecule has 7 heteroatoms. The summed E-state index contributed by atoms with van der Waals surface area (Å²) < 4.78 is 0. The number of carbonyl (C=O) groups excluding carboxylic acids is 1. The molecule has 0 bridgehead atoms. The van der Waals surface area contributed by atoms with Crippen LogP contribution in [0.4, 0.5) is 5.82 Å². The maximum absolute atomic E-state index is 11.8. The van der Waals surface area contributed by atoms with E-state index in [1.165, 1.54) is 18.3 Å². The summed E-state index contributed by atoms with van der Waals surface area (Å²) in [6.07, 6.45) is 1.41. The van der Waals surface area contributed by atoms with Gasteiger partial charge < -0.3 is 10.4 Å². The Morgan fingerprint density at radius 1 is 1.22 bits per heavy atom. The van der Waals surface area contributed by atoms with Gasteiger partial charge in [-0.1, -0.05) is 11.6 Å². The average molecular weight is 283 g/mol. The summed E-state index contributed by atoms with van der Waals surface area (Å²) in [4.78, 5) is 26.8. The monoisotopic (exact) mass is 282 g/mol. The highest BCUT2D eigenvalue weighted by Gasteiger charge is 2.13. The second-order valence-corrected chi connectivity index (χ2v) is 4.81. The van der Waals surface area contributed by atoms with Gasteiger partial charge in [0.05, 0.1) is 9.90 Å². The van der Waals surface area contributed by atoms with Crippen molar-refractivity contribution in [3.63, 3.8) is 0 Å². The molecule has 1 amide bonds. The van der Waals surface area contributed by atoms with Gasteiger partial charge in [0.25, 0.3) is 5.91 Å². The van der Waals surface area contributed by atoms with Crippen LogP contribution in [0.3, 0.4) is 0 Å². The van der Waals surface area contributed by atoms with Crippen LogP contribution in [-0.4, -0.2) is 22.0 Å². The number of aromatic nitrogens is 1. The lowest BCUT2D eigenvalue weighted by Gasteiger charge is -2.01. The molecular formula is C11H7ClN2O3S. The van der Waals surface area contributed by atoms with Crippen LogP contribution in [0, 0.1) is 0 Å². The molecule has 0 atom stereocenters. The molecule has 0 radical (unpaired) electrons. The molecule has 92 valence electrons. The second-order valence-electron chi connectivity index (χ2n) is 3.28. The number of nitrogens with zero attached hydrogens (tertiary/aromatic N) is 1. The summed E-state index contributed by atoms with van der Waals surface area (Å²) >= 11 is 6.57. The zero-order valence-electron chi connectivity index (χ0n) is 8.88. The van der Waals surface area contributed by atoms with E-state index in [0.717, 1.165) is 11.3 Å². The highest BCUT2D eigenvalue weighted by Crippen LogP contribution is 2.18. The van der Waals surface area contributed by atoms with E-state index in [4.69, 9.17) is 16.7 Å². The Bertz CT molecular complexity index is 595.